The number of aryl methyl sites for hydroxylation is 12. The fraction of sp³-hybridized carbons (Fsp3) is 0.250. The zero-order valence-corrected chi connectivity index (χ0v) is 40.5. The van der Waals surface area contributed by atoms with E-state index in [9.17, 15) is 0 Å². The fourth-order valence-electron chi connectivity index (χ4n) is 8.77. The first-order valence-corrected chi connectivity index (χ1v) is 38.1. The molecule has 0 saturated heterocycles. The molecule has 268 valence electrons. The van der Waals surface area contributed by atoms with E-state index in [-0.39, 0.29) is 0 Å². The second kappa shape index (κ2) is 15.5. The van der Waals surface area contributed by atoms with Crippen molar-refractivity contribution < 1.29 is 0 Å². The van der Waals surface area contributed by atoms with Crippen LogP contribution in [0.15, 0.2) is 84.9 Å². The SMILES string of the molecule is Cc1cc(C)c(-c2cccc(-c3c(C)cc(C)cc3C)c2[Te][Te](Br)(Br)c2c(-c3c(C)cc(C)cc3C)cccc2-c2c(C)cc(C)cc2C)c(C)c1. The molecule has 0 saturated carbocycles. The summed E-state index contributed by atoms with van der Waals surface area (Å²) < 4.78 is 3.05. The van der Waals surface area contributed by atoms with Gasteiger partial charge < -0.3 is 0 Å². The third-order valence-electron chi connectivity index (χ3n) is 10.2. The Bertz CT molecular complexity index is 2140. The van der Waals surface area contributed by atoms with E-state index >= 15 is 0 Å². The Kier molecular flexibility index (Phi) is 11.8. The molecule has 0 atom stereocenters. The number of benzene rings is 6. The molecule has 6 aromatic rings. The molecule has 0 fully saturated rings. The van der Waals surface area contributed by atoms with Crippen molar-refractivity contribution in [2.24, 2.45) is 0 Å². The maximum absolute atomic E-state index is 4.73. The molecule has 52 heavy (non-hydrogen) atoms. The molecule has 0 aromatic heterocycles. The molecule has 6 rings (SSSR count). The van der Waals surface area contributed by atoms with E-state index in [1.807, 2.05) is 0 Å². The van der Waals surface area contributed by atoms with Crippen LogP contribution in [0.1, 0.15) is 66.8 Å². The van der Waals surface area contributed by atoms with Crippen LogP contribution in [0.25, 0.3) is 44.5 Å². The first-order chi connectivity index (χ1) is 24.5. The molecule has 0 aliphatic heterocycles. The molecule has 0 N–H and O–H groups in total. The minimum atomic E-state index is -3.32. The Balaban J connectivity index is 1.72. The summed E-state index contributed by atoms with van der Waals surface area (Å²) in [6, 6.07) is 33.1. The van der Waals surface area contributed by atoms with Gasteiger partial charge in [-0.3, -0.25) is 0 Å². The zero-order valence-electron chi connectivity index (χ0n) is 32.7. The van der Waals surface area contributed by atoms with Crippen molar-refractivity contribution in [3.63, 3.8) is 0 Å². The molecular weight excluding hydrogens is 992 g/mol. The summed E-state index contributed by atoms with van der Waals surface area (Å²) >= 11 is 8.57. The summed E-state index contributed by atoms with van der Waals surface area (Å²) in [5.41, 5.74) is 27.1. The Hall–Kier alpha value is -2.14. The topological polar surface area (TPSA) is 0 Å². The van der Waals surface area contributed by atoms with Crippen molar-refractivity contribution >= 4 is 59.7 Å². The molecule has 0 spiro atoms. The molecule has 0 bridgehead atoms. The summed E-state index contributed by atoms with van der Waals surface area (Å²) in [4.78, 5) is 0. The monoisotopic (exact) mass is 1040 g/mol. The van der Waals surface area contributed by atoms with Gasteiger partial charge in [-0.2, -0.15) is 0 Å². The van der Waals surface area contributed by atoms with Crippen molar-refractivity contribution in [3.8, 4) is 44.5 Å². The van der Waals surface area contributed by atoms with Crippen LogP contribution in [0.2, 0.25) is 0 Å². The standard InChI is InChI=1S/C48H50Br2Te2/c1-27-19-31(5)43(32(6)20-27)39-15-13-16-40(44-33(7)21-28(2)22-34(44)8)47(39)51-52(49,50)48-41(45-35(9)23-29(3)24-36(45)10)17-14-18-42(48)46-37(11)25-30(4)26-38(46)12/h13-26H,1-12H3. The summed E-state index contributed by atoms with van der Waals surface area (Å²) in [6.07, 6.45) is 0. The van der Waals surface area contributed by atoms with Crippen molar-refractivity contribution in [1.82, 2.24) is 0 Å². The van der Waals surface area contributed by atoms with Gasteiger partial charge in [0.2, 0.25) is 0 Å². The molecule has 0 aliphatic carbocycles. The van der Waals surface area contributed by atoms with Gasteiger partial charge in [0.25, 0.3) is 0 Å². The van der Waals surface area contributed by atoms with E-state index in [0.29, 0.717) is 0 Å². The number of halogens is 2. The summed E-state index contributed by atoms with van der Waals surface area (Å²) in [7, 11) is -3.32. The maximum atomic E-state index is 4.73. The quantitative estimate of drug-likeness (QED) is 0.140. The predicted molar refractivity (Wildman–Crippen MR) is 240 cm³/mol. The number of rotatable bonds is 7. The van der Waals surface area contributed by atoms with Crippen LogP contribution >= 0.6 is 25.5 Å². The third-order valence-corrected chi connectivity index (χ3v) is 41.8. The van der Waals surface area contributed by atoms with Crippen LogP contribution in [0, 0.1) is 83.1 Å². The minimum absolute atomic E-state index is 0.882. The van der Waals surface area contributed by atoms with Crippen molar-refractivity contribution in [3.05, 3.63) is 152 Å². The van der Waals surface area contributed by atoms with E-state index < -0.39 is 27.0 Å². The van der Waals surface area contributed by atoms with Gasteiger partial charge in [0.05, 0.1) is 0 Å². The molecule has 0 amide bonds. The average molecular weight is 1040 g/mol. The first-order valence-electron chi connectivity index (χ1n) is 18.0. The first kappa shape index (κ1) is 39.5. The number of hydrogen-bond acceptors (Lipinski definition) is 0. The predicted octanol–water partition coefficient (Wildman–Crippen LogP) is 13.0. The van der Waals surface area contributed by atoms with E-state index in [1.54, 1.807) is 3.61 Å². The molecule has 4 heteroatoms. The van der Waals surface area contributed by atoms with Crippen LogP contribution < -0.4 is 7.22 Å². The second-order valence-corrected chi connectivity index (χ2v) is 69.7. The van der Waals surface area contributed by atoms with E-state index in [0.717, 1.165) is 0 Å². The van der Waals surface area contributed by atoms with Crippen LogP contribution in [-0.4, -0.2) is 27.0 Å². The Morgan fingerprint density at radius 2 is 0.596 bits per heavy atom. The summed E-state index contributed by atoms with van der Waals surface area (Å²) in [5, 5.41) is 0. The Labute approximate surface area is 335 Å². The van der Waals surface area contributed by atoms with Crippen LogP contribution in [0.4, 0.5) is 0 Å². The second-order valence-electron chi connectivity index (χ2n) is 15.0. The van der Waals surface area contributed by atoms with Gasteiger partial charge in [-0.15, -0.1) is 0 Å². The number of hydrogen-bond donors (Lipinski definition) is 0. The van der Waals surface area contributed by atoms with E-state index in [2.05, 4.69) is 168 Å². The van der Waals surface area contributed by atoms with Gasteiger partial charge in [-0.05, 0) is 0 Å². The zero-order chi connectivity index (χ0) is 37.8. The summed E-state index contributed by atoms with van der Waals surface area (Å²) in [5.74, 6) is 0. The van der Waals surface area contributed by atoms with Gasteiger partial charge in [0, 0.05) is 0 Å². The molecule has 0 aliphatic rings. The normalized spacial score (nSPS) is 12.0. The molecule has 6 aromatic carbocycles. The molecule has 0 radical (unpaired) electrons. The van der Waals surface area contributed by atoms with Gasteiger partial charge >= 0.3 is 339 Å². The van der Waals surface area contributed by atoms with Crippen LogP contribution in [0.5, 0.6) is 0 Å². The van der Waals surface area contributed by atoms with Crippen LogP contribution in [0.3, 0.4) is 0 Å². The fourth-order valence-corrected chi connectivity index (χ4v) is 42.6. The van der Waals surface area contributed by atoms with Crippen molar-refractivity contribution in [2.75, 3.05) is 0 Å². The Morgan fingerprint density at radius 3 is 0.865 bits per heavy atom. The van der Waals surface area contributed by atoms with Gasteiger partial charge in [0.1, 0.15) is 0 Å². The van der Waals surface area contributed by atoms with Gasteiger partial charge in [0.15, 0.2) is 0 Å². The van der Waals surface area contributed by atoms with Gasteiger partial charge in [-0.25, -0.2) is 0 Å². The van der Waals surface area contributed by atoms with Crippen molar-refractivity contribution in [1.29, 1.82) is 0 Å². The van der Waals surface area contributed by atoms with E-state index in [1.165, 1.54) is 115 Å². The van der Waals surface area contributed by atoms with Gasteiger partial charge in [-0.1, -0.05) is 0 Å². The van der Waals surface area contributed by atoms with Crippen LogP contribution in [-0.2, 0) is 0 Å². The third kappa shape index (κ3) is 7.70. The van der Waals surface area contributed by atoms with E-state index in [4.69, 9.17) is 25.5 Å². The Morgan fingerprint density at radius 1 is 0.365 bits per heavy atom. The molecule has 0 heterocycles. The molecular formula is C48H50Br2Te2. The average Bonchev–Trinajstić information content (AvgIpc) is 3.00. The van der Waals surface area contributed by atoms with Crippen molar-refractivity contribution in [2.45, 2.75) is 83.1 Å². The molecule has 0 unspecified atom stereocenters. The molecule has 0 nitrogen and oxygen atoms in total. The summed E-state index contributed by atoms with van der Waals surface area (Å²) in [6.45, 7) is 27.2.